The van der Waals surface area contributed by atoms with E-state index in [9.17, 15) is 17.6 Å². The standard InChI is InChI=1S/C14H15FNO2.C2HF3O2/c1-12-5-6-14(13(15)9-12)18-11-17-10-16-7-3-2-4-8-16;3-2(4,5)1(6)7/h2-9H,10-11H2,1H3;(H,6,7)/q+1;/p-1. The number of nitrogens with zero attached hydrogens (tertiary/aromatic N) is 1. The number of benzene rings is 1. The SMILES string of the molecule is Cc1ccc(OCOC[n+]2ccccc2)c(F)c1.O=C([O-])C(F)(F)F. The third kappa shape index (κ3) is 8.11. The molecule has 0 saturated carbocycles. The molecule has 1 aromatic carbocycles. The second kappa shape index (κ2) is 9.58. The molecule has 9 heteroatoms. The smallest absolute Gasteiger partial charge is 0.430 e. The summed E-state index contributed by atoms with van der Waals surface area (Å²) < 4.78 is 57.3. The van der Waals surface area contributed by atoms with Crippen molar-refractivity contribution in [2.24, 2.45) is 0 Å². The molecule has 0 saturated heterocycles. The fraction of sp³-hybridized carbons (Fsp3) is 0.250. The Morgan fingerprint density at radius 1 is 1.20 bits per heavy atom. The van der Waals surface area contributed by atoms with Crippen molar-refractivity contribution in [2.75, 3.05) is 6.79 Å². The Morgan fingerprint density at radius 2 is 1.80 bits per heavy atom. The van der Waals surface area contributed by atoms with Gasteiger partial charge in [-0.3, -0.25) is 4.74 Å². The van der Waals surface area contributed by atoms with Gasteiger partial charge in [0.25, 0.3) is 6.73 Å². The molecular weight excluding hydrogens is 346 g/mol. The topological polar surface area (TPSA) is 62.5 Å². The Bertz CT molecular complexity index is 678. The van der Waals surface area contributed by atoms with Gasteiger partial charge in [0.1, 0.15) is 5.97 Å². The summed E-state index contributed by atoms with van der Waals surface area (Å²) >= 11 is 0. The predicted octanol–water partition coefficient (Wildman–Crippen LogP) is 1.73. The summed E-state index contributed by atoms with van der Waals surface area (Å²) in [5.74, 6) is -3.17. The number of aryl methyl sites for hydroxylation is 1. The van der Waals surface area contributed by atoms with E-state index in [1.165, 1.54) is 6.07 Å². The number of pyridine rings is 1. The van der Waals surface area contributed by atoms with Crippen LogP contribution in [0.1, 0.15) is 5.56 Å². The zero-order chi connectivity index (χ0) is 18.9. The Hall–Kier alpha value is -2.68. The van der Waals surface area contributed by atoms with E-state index in [1.807, 2.05) is 42.1 Å². The highest BCUT2D eigenvalue weighted by molar-refractivity contribution is 5.70. The van der Waals surface area contributed by atoms with Crippen molar-refractivity contribution in [3.05, 3.63) is 60.2 Å². The van der Waals surface area contributed by atoms with Crippen molar-refractivity contribution in [2.45, 2.75) is 19.8 Å². The summed E-state index contributed by atoms with van der Waals surface area (Å²) in [4.78, 5) is 8.78. The molecule has 2 rings (SSSR count). The number of ether oxygens (including phenoxy) is 2. The number of carboxylic acids is 1. The number of halogens is 4. The summed E-state index contributed by atoms with van der Waals surface area (Å²) in [6, 6.07) is 10.6. The normalized spacial score (nSPS) is 10.6. The highest BCUT2D eigenvalue weighted by Crippen LogP contribution is 2.17. The van der Waals surface area contributed by atoms with E-state index in [2.05, 4.69) is 0 Å². The first-order valence-corrected chi connectivity index (χ1v) is 6.89. The van der Waals surface area contributed by atoms with Gasteiger partial charge in [0.15, 0.2) is 30.8 Å². The van der Waals surface area contributed by atoms with Gasteiger partial charge in [0.2, 0.25) is 0 Å². The van der Waals surface area contributed by atoms with E-state index in [0.29, 0.717) is 6.73 Å². The Morgan fingerprint density at radius 3 is 2.32 bits per heavy atom. The maximum Gasteiger partial charge on any atom is 0.430 e. The van der Waals surface area contributed by atoms with Crippen LogP contribution < -0.4 is 14.4 Å². The van der Waals surface area contributed by atoms with Crippen LogP contribution in [0.4, 0.5) is 17.6 Å². The second-order valence-corrected chi connectivity index (χ2v) is 4.70. The van der Waals surface area contributed by atoms with E-state index in [4.69, 9.17) is 19.4 Å². The quantitative estimate of drug-likeness (QED) is 0.352. The van der Waals surface area contributed by atoms with E-state index in [1.54, 1.807) is 12.1 Å². The Balaban J connectivity index is 0.000000381. The van der Waals surface area contributed by atoms with Crippen molar-refractivity contribution in [3.8, 4) is 5.75 Å². The minimum atomic E-state index is -5.19. The largest absolute Gasteiger partial charge is 0.542 e. The van der Waals surface area contributed by atoms with Crippen molar-refractivity contribution in [1.29, 1.82) is 0 Å². The van der Waals surface area contributed by atoms with Crippen LogP contribution in [-0.2, 0) is 16.3 Å². The fourth-order valence-corrected chi connectivity index (χ4v) is 1.49. The van der Waals surface area contributed by atoms with Gasteiger partial charge in [0, 0.05) is 12.1 Å². The second-order valence-electron chi connectivity index (χ2n) is 4.70. The lowest BCUT2D eigenvalue weighted by atomic mass is 10.2. The van der Waals surface area contributed by atoms with Crippen molar-refractivity contribution < 1.29 is 41.5 Å². The first-order valence-electron chi connectivity index (χ1n) is 6.89. The molecular formula is C16H15F4NO4. The van der Waals surface area contributed by atoms with Gasteiger partial charge in [-0.15, -0.1) is 0 Å². The molecule has 1 heterocycles. The molecule has 5 nitrogen and oxygen atoms in total. The average Bonchev–Trinajstić information content (AvgIpc) is 2.54. The number of carbonyl (C=O) groups excluding carboxylic acids is 1. The first-order chi connectivity index (χ1) is 11.7. The Labute approximate surface area is 141 Å². The monoisotopic (exact) mass is 361 g/mol. The summed E-state index contributed by atoms with van der Waals surface area (Å²) in [6.45, 7) is 2.21. The summed E-state index contributed by atoms with van der Waals surface area (Å²) in [5, 5.41) is 8.78. The van der Waals surface area contributed by atoms with Crippen LogP contribution in [0.25, 0.3) is 0 Å². The lowest BCUT2D eigenvalue weighted by Gasteiger charge is -2.06. The predicted molar refractivity (Wildman–Crippen MR) is 75.4 cm³/mol. The molecule has 0 aliphatic heterocycles. The average molecular weight is 361 g/mol. The molecule has 2 aromatic rings. The molecule has 0 fully saturated rings. The maximum atomic E-state index is 13.4. The molecule has 0 bridgehead atoms. The van der Waals surface area contributed by atoms with Crippen LogP contribution >= 0.6 is 0 Å². The van der Waals surface area contributed by atoms with Gasteiger partial charge in [0.05, 0.1) is 0 Å². The molecule has 0 N–H and O–H groups in total. The third-order valence-electron chi connectivity index (χ3n) is 2.63. The molecule has 0 spiro atoms. The third-order valence-corrected chi connectivity index (χ3v) is 2.63. The highest BCUT2D eigenvalue weighted by atomic mass is 19.4. The summed E-state index contributed by atoms with van der Waals surface area (Å²) in [6.07, 6.45) is -1.43. The van der Waals surface area contributed by atoms with E-state index < -0.39 is 12.1 Å². The number of aromatic nitrogens is 1. The zero-order valence-electron chi connectivity index (χ0n) is 13.1. The highest BCUT2D eigenvalue weighted by Gasteiger charge is 2.28. The van der Waals surface area contributed by atoms with Gasteiger partial charge < -0.3 is 14.6 Å². The van der Waals surface area contributed by atoms with Crippen LogP contribution in [0.3, 0.4) is 0 Å². The van der Waals surface area contributed by atoms with Crippen LogP contribution in [0.5, 0.6) is 5.75 Å². The van der Waals surface area contributed by atoms with E-state index in [-0.39, 0.29) is 18.4 Å². The molecule has 25 heavy (non-hydrogen) atoms. The number of hydrogen-bond acceptors (Lipinski definition) is 4. The van der Waals surface area contributed by atoms with Crippen LogP contribution in [-0.4, -0.2) is 18.9 Å². The zero-order valence-corrected chi connectivity index (χ0v) is 13.1. The van der Waals surface area contributed by atoms with E-state index >= 15 is 0 Å². The van der Waals surface area contributed by atoms with Gasteiger partial charge in [-0.25, -0.2) is 4.39 Å². The summed E-state index contributed by atoms with van der Waals surface area (Å²) in [5.41, 5.74) is 0.862. The van der Waals surface area contributed by atoms with E-state index in [0.717, 1.165) is 5.56 Å². The molecule has 1 aromatic heterocycles. The Kier molecular flexibility index (Phi) is 7.80. The number of rotatable bonds is 5. The number of hydrogen-bond donors (Lipinski definition) is 0. The van der Waals surface area contributed by atoms with Crippen molar-refractivity contribution in [1.82, 2.24) is 0 Å². The molecule has 0 radical (unpaired) electrons. The molecule has 0 atom stereocenters. The van der Waals surface area contributed by atoms with Gasteiger partial charge in [-0.2, -0.15) is 17.7 Å². The fourth-order valence-electron chi connectivity index (χ4n) is 1.49. The van der Waals surface area contributed by atoms with Gasteiger partial charge in [-0.1, -0.05) is 12.1 Å². The minimum absolute atomic E-state index is 0.0157. The number of aliphatic carboxylic acids is 1. The van der Waals surface area contributed by atoms with Crippen LogP contribution in [0, 0.1) is 12.7 Å². The molecule has 0 aliphatic carbocycles. The number of carboxylic acid groups (broad SMARTS) is 1. The van der Waals surface area contributed by atoms with Crippen molar-refractivity contribution >= 4 is 5.97 Å². The number of alkyl halides is 3. The van der Waals surface area contributed by atoms with Gasteiger partial charge >= 0.3 is 6.18 Å². The maximum absolute atomic E-state index is 13.4. The lowest BCUT2D eigenvalue weighted by Crippen LogP contribution is -2.37. The first kappa shape index (κ1) is 20.4. The molecule has 0 unspecified atom stereocenters. The number of carbonyl (C=O) groups is 1. The van der Waals surface area contributed by atoms with Crippen LogP contribution in [0.2, 0.25) is 0 Å². The lowest BCUT2D eigenvalue weighted by molar-refractivity contribution is -0.734. The summed E-state index contributed by atoms with van der Waals surface area (Å²) in [7, 11) is 0. The minimum Gasteiger partial charge on any atom is -0.542 e. The molecule has 136 valence electrons. The molecule has 0 aliphatic rings. The van der Waals surface area contributed by atoms with Gasteiger partial charge in [-0.05, 0) is 24.6 Å². The van der Waals surface area contributed by atoms with Crippen molar-refractivity contribution in [3.63, 3.8) is 0 Å². The van der Waals surface area contributed by atoms with Crippen LogP contribution in [0.15, 0.2) is 48.8 Å². The molecule has 0 amide bonds.